The minimum atomic E-state index is -0.260. The highest BCUT2D eigenvalue weighted by Crippen LogP contribution is 2.36. The van der Waals surface area contributed by atoms with Crippen LogP contribution in [0.25, 0.3) is 0 Å². The standard InChI is InChI=1S/C14H14BrCl2NOS/c1-2-10(18)14(12-5-6-13(17)20-12)19-11-7-8(15)3-4-9(11)16/h3-7,10,14H,2,18H2,1H3. The molecule has 2 atom stereocenters. The number of nitrogens with two attached hydrogens (primary N) is 1. The van der Waals surface area contributed by atoms with Gasteiger partial charge in [-0.1, -0.05) is 46.1 Å². The van der Waals surface area contributed by atoms with Crippen molar-refractivity contribution in [2.45, 2.75) is 25.5 Å². The van der Waals surface area contributed by atoms with Gasteiger partial charge in [0.05, 0.1) is 9.36 Å². The van der Waals surface area contributed by atoms with Gasteiger partial charge in [-0.2, -0.15) is 0 Å². The Morgan fingerprint density at radius 3 is 2.65 bits per heavy atom. The molecule has 0 bridgehead atoms. The summed E-state index contributed by atoms with van der Waals surface area (Å²) in [4.78, 5) is 1.00. The van der Waals surface area contributed by atoms with Crippen LogP contribution < -0.4 is 10.5 Å². The van der Waals surface area contributed by atoms with E-state index in [2.05, 4.69) is 15.9 Å². The Hall–Kier alpha value is -0.260. The molecule has 1 aromatic heterocycles. The van der Waals surface area contributed by atoms with Crippen LogP contribution in [0.15, 0.2) is 34.8 Å². The van der Waals surface area contributed by atoms with Gasteiger partial charge in [-0.05, 0) is 36.8 Å². The van der Waals surface area contributed by atoms with Gasteiger partial charge in [0.15, 0.2) is 0 Å². The van der Waals surface area contributed by atoms with Crippen molar-refractivity contribution in [2.24, 2.45) is 5.73 Å². The Labute approximate surface area is 141 Å². The van der Waals surface area contributed by atoms with E-state index < -0.39 is 0 Å². The molecule has 0 saturated carbocycles. The van der Waals surface area contributed by atoms with Crippen LogP contribution in [-0.4, -0.2) is 6.04 Å². The van der Waals surface area contributed by atoms with Gasteiger partial charge in [-0.3, -0.25) is 0 Å². The molecule has 2 aromatic rings. The van der Waals surface area contributed by atoms with Gasteiger partial charge >= 0.3 is 0 Å². The summed E-state index contributed by atoms with van der Waals surface area (Å²) in [5.74, 6) is 0.611. The van der Waals surface area contributed by atoms with E-state index in [0.29, 0.717) is 10.8 Å². The summed E-state index contributed by atoms with van der Waals surface area (Å²) in [6.07, 6.45) is 0.538. The third-order valence-corrected chi connectivity index (χ3v) is 4.98. The van der Waals surface area contributed by atoms with Gasteiger partial charge in [-0.15, -0.1) is 11.3 Å². The zero-order valence-corrected chi connectivity index (χ0v) is 14.7. The molecule has 0 aliphatic carbocycles. The summed E-state index contributed by atoms with van der Waals surface area (Å²) in [7, 11) is 0. The van der Waals surface area contributed by atoms with E-state index in [1.165, 1.54) is 11.3 Å². The van der Waals surface area contributed by atoms with Gasteiger partial charge in [0.2, 0.25) is 0 Å². The summed E-state index contributed by atoms with van der Waals surface area (Å²) in [5, 5.41) is 0.559. The molecule has 2 unspecified atom stereocenters. The fourth-order valence-electron chi connectivity index (χ4n) is 1.76. The maximum atomic E-state index is 6.18. The molecule has 0 fully saturated rings. The van der Waals surface area contributed by atoms with Crippen LogP contribution in [-0.2, 0) is 0 Å². The van der Waals surface area contributed by atoms with Crippen LogP contribution in [0.2, 0.25) is 9.36 Å². The first-order chi connectivity index (χ1) is 9.51. The molecule has 20 heavy (non-hydrogen) atoms. The molecule has 1 aromatic carbocycles. The lowest BCUT2D eigenvalue weighted by Gasteiger charge is -2.24. The average Bonchev–Trinajstić information content (AvgIpc) is 2.85. The fraction of sp³-hybridized carbons (Fsp3) is 0.286. The van der Waals surface area contributed by atoms with E-state index in [-0.39, 0.29) is 12.1 Å². The van der Waals surface area contributed by atoms with Crippen molar-refractivity contribution in [3.05, 3.63) is 49.0 Å². The van der Waals surface area contributed by atoms with Gasteiger partial charge < -0.3 is 10.5 Å². The highest BCUT2D eigenvalue weighted by atomic mass is 79.9. The number of halogens is 3. The third kappa shape index (κ3) is 3.89. The topological polar surface area (TPSA) is 35.2 Å². The summed E-state index contributed by atoms with van der Waals surface area (Å²) in [6.45, 7) is 2.03. The van der Waals surface area contributed by atoms with Crippen LogP contribution in [0.4, 0.5) is 0 Å². The molecule has 1 heterocycles. The van der Waals surface area contributed by atoms with E-state index in [4.69, 9.17) is 33.7 Å². The monoisotopic (exact) mass is 393 g/mol. The first-order valence-corrected chi connectivity index (χ1v) is 8.50. The Kier molecular flexibility index (Phi) is 5.75. The Balaban J connectivity index is 2.30. The van der Waals surface area contributed by atoms with E-state index in [9.17, 15) is 0 Å². The molecule has 0 amide bonds. The average molecular weight is 395 g/mol. The van der Waals surface area contributed by atoms with E-state index in [1.54, 1.807) is 6.07 Å². The van der Waals surface area contributed by atoms with Crippen molar-refractivity contribution < 1.29 is 4.74 Å². The van der Waals surface area contributed by atoms with Gasteiger partial charge in [-0.25, -0.2) is 0 Å². The number of thiophene rings is 1. The lowest BCUT2D eigenvalue weighted by molar-refractivity contribution is 0.174. The lowest BCUT2D eigenvalue weighted by atomic mass is 10.1. The van der Waals surface area contributed by atoms with Crippen LogP contribution in [0, 0.1) is 0 Å². The highest BCUT2D eigenvalue weighted by molar-refractivity contribution is 9.10. The smallest absolute Gasteiger partial charge is 0.148 e. The zero-order valence-electron chi connectivity index (χ0n) is 10.8. The summed E-state index contributed by atoms with van der Waals surface area (Å²) < 4.78 is 7.67. The number of hydrogen-bond acceptors (Lipinski definition) is 3. The molecule has 0 saturated heterocycles. The molecule has 0 aliphatic heterocycles. The second-order valence-electron chi connectivity index (χ2n) is 4.33. The van der Waals surface area contributed by atoms with Crippen LogP contribution >= 0.6 is 50.5 Å². The van der Waals surface area contributed by atoms with E-state index in [0.717, 1.165) is 20.1 Å². The number of benzene rings is 1. The summed E-state index contributed by atoms with van der Waals surface area (Å²) in [5.41, 5.74) is 6.18. The predicted molar refractivity (Wildman–Crippen MR) is 90.1 cm³/mol. The zero-order chi connectivity index (χ0) is 14.7. The highest BCUT2D eigenvalue weighted by Gasteiger charge is 2.23. The first-order valence-electron chi connectivity index (χ1n) is 6.13. The van der Waals surface area contributed by atoms with Crippen LogP contribution in [0.3, 0.4) is 0 Å². The summed E-state index contributed by atoms with van der Waals surface area (Å²) >= 11 is 17.1. The molecule has 2 N–H and O–H groups in total. The maximum absolute atomic E-state index is 6.18. The van der Waals surface area contributed by atoms with Crippen molar-refractivity contribution in [3.8, 4) is 5.75 Å². The quantitative estimate of drug-likeness (QED) is 0.708. The summed E-state index contributed by atoms with van der Waals surface area (Å²) in [6, 6.07) is 9.16. The molecule has 2 rings (SSSR count). The first kappa shape index (κ1) is 16.1. The van der Waals surface area contributed by atoms with Gasteiger partial charge in [0.1, 0.15) is 11.9 Å². The Morgan fingerprint density at radius 1 is 1.30 bits per heavy atom. The Bertz CT molecular complexity index is 590. The molecule has 0 radical (unpaired) electrons. The normalized spacial score (nSPS) is 14.1. The van der Waals surface area contributed by atoms with Gasteiger partial charge in [0.25, 0.3) is 0 Å². The van der Waals surface area contributed by atoms with E-state index >= 15 is 0 Å². The molecule has 2 nitrogen and oxygen atoms in total. The number of ether oxygens (including phenoxy) is 1. The van der Waals surface area contributed by atoms with Crippen molar-refractivity contribution in [1.82, 2.24) is 0 Å². The lowest BCUT2D eigenvalue weighted by Crippen LogP contribution is -2.31. The van der Waals surface area contributed by atoms with Crippen molar-refractivity contribution in [1.29, 1.82) is 0 Å². The van der Waals surface area contributed by atoms with Crippen molar-refractivity contribution in [2.75, 3.05) is 0 Å². The molecular formula is C14H14BrCl2NOS. The molecular weight excluding hydrogens is 381 g/mol. The van der Waals surface area contributed by atoms with Crippen molar-refractivity contribution in [3.63, 3.8) is 0 Å². The maximum Gasteiger partial charge on any atom is 0.148 e. The van der Waals surface area contributed by atoms with Crippen LogP contribution in [0.1, 0.15) is 24.3 Å². The second-order valence-corrected chi connectivity index (χ2v) is 7.40. The third-order valence-electron chi connectivity index (χ3n) is 2.88. The minimum absolute atomic E-state index is 0.125. The second kappa shape index (κ2) is 7.14. The molecule has 6 heteroatoms. The van der Waals surface area contributed by atoms with Crippen molar-refractivity contribution >= 4 is 50.5 Å². The molecule has 108 valence electrons. The molecule has 0 aliphatic rings. The molecule has 0 spiro atoms. The predicted octanol–water partition coefficient (Wildman–Crippen LogP) is 5.67. The number of hydrogen-bond donors (Lipinski definition) is 1. The fourth-order valence-corrected chi connectivity index (χ4v) is 3.42. The number of rotatable bonds is 5. The SMILES string of the molecule is CCC(N)C(Oc1cc(Br)ccc1Cl)c1ccc(Cl)s1. The largest absolute Gasteiger partial charge is 0.482 e. The Morgan fingerprint density at radius 2 is 2.05 bits per heavy atom. The van der Waals surface area contributed by atoms with E-state index in [1.807, 2.05) is 31.2 Å². The minimum Gasteiger partial charge on any atom is -0.482 e. The van der Waals surface area contributed by atoms with Gasteiger partial charge in [0, 0.05) is 15.4 Å². The van der Waals surface area contributed by atoms with Crippen LogP contribution in [0.5, 0.6) is 5.75 Å².